The van der Waals surface area contributed by atoms with Gasteiger partial charge in [0.15, 0.2) is 6.29 Å². The molecule has 0 spiro atoms. The first kappa shape index (κ1) is 9.58. The summed E-state index contributed by atoms with van der Waals surface area (Å²) in [6, 6.07) is 2.77. The lowest BCUT2D eigenvalue weighted by atomic mass is 10.3. The van der Waals surface area contributed by atoms with Crippen molar-refractivity contribution >= 4 is 6.29 Å². The molecule has 0 atom stereocenters. The fourth-order valence-corrected chi connectivity index (χ4v) is 0.496. The van der Waals surface area contributed by atoms with Crippen LogP contribution in [0.1, 0.15) is 10.4 Å². The van der Waals surface area contributed by atoms with Gasteiger partial charge in [-0.3, -0.25) is 9.59 Å². The number of carbonyl (C=O) groups excluding carboxylic acids is 1. The van der Waals surface area contributed by atoms with Crippen molar-refractivity contribution in [3.8, 4) is 0 Å². The van der Waals surface area contributed by atoms with Crippen molar-refractivity contribution in [3.63, 3.8) is 0 Å². The second kappa shape index (κ2) is 5.37. The van der Waals surface area contributed by atoms with Crippen LogP contribution in [-0.2, 0) is 0 Å². The normalized spacial score (nSPS) is 7.82. The molecule has 0 unspecified atom stereocenters. The van der Waals surface area contributed by atoms with E-state index in [9.17, 15) is 9.59 Å². The Hall–Kier alpha value is -1.42. The van der Waals surface area contributed by atoms with E-state index < -0.39 is 0 Å². The Bertz CT molecular complexity index is 247. The number of hydrogen-bond donors (Lipinski definition) is 2. The Labute approximate surface area is 64.0 Å². The van der Waals surface area contributed by atoms with Gasteiger partial charge >= 0.3 is 0 Å². The fourth-order valence-electron chi connectivity index (χ4n) is 0.496. The summed E-state index contributed by atoms with van der Waals surface area (Å²) in [5, 5.41) is 0. The topological polar surface area (TPSA) is 76.0 Å². The molecular weight excluding hydrogens is 144 g/mol. The van der Waals surface area contributed by atoms with E-state index in [1.165, 1.54) is 25.4 Å². The minimum atomic E-state index is -0.194. The molecule has 1 aromatic heterocycles. The van der Waals surface area contributed by atoms with Crippen molar-refractivity contribution in [3.05, 3.63) is 34.2 Å². The zero-order chi connectivity index (χ0) is 8.69. The first-order chi connectivity index (χ1) is 5.33. The quantitative estimate of drug-likeness (QED) is 0.548. The van der Waals surface area contributed by atoms with Crippen LogP contribution in [-0.4, -0.2) is 18.3 Å². The van der Waals surface area contributed by atoms with Gasteiger partial charge in [0, 0.05) is 17.8 Å². The number of aromatic nitrogens is 1. The molecule has 11 heavy (non-hydrogen) atoms. The Kier molecular flexibility index (Phi) is 4.68. The van der Waals surface area contributed by atoms with Gasteiger partial charge in [-0.1, -0.05) is 0 Å². The highest BCUT2D eigenvalue weighted by atomic mass is 16.1. The Morgan fingerprint density at radius 2 is 2.09 bits per heavy atom. The van der Waals surface area contributed by atoms with Crippen LogP contribution in [0.3, 0.4) is 0 Å². The lowest BCUT2D eigenvalue weighted by Crippen LogP contribution is -2.01. The standard InChI is InChI=1S/C6H5NO2.CH5N/c8-4-5-1-2-6(9)7-3-5;1-2/h1-4H,(H,7,9);2H2,1H3. The first-order valence-corrected chi connectivity index (χ1v) is 3.04. The molecule has 0 aromatic carbocycles. The van der Waals surface area contributed by atoms with E-state index >= 15 is 0 Å². The molecule has 0 saturated carbocycles. The summed E-state index contributed by atoms with van der Waals surface area (Å²) in [6.45, 7) is 0. The highest BCUT2D eigenvalue weighted by Gasteiger charge is 1.84. The van der Waals surface area contributed by atoms with Crippen molar-refractivity contribution in [2.24, 2.45) is 5.73 Å². The number of aromatic amines is 1. The molecule has 0 amide bonds. The van der Waals surface area contributed by atoms with Crippen LogP contribution in [0.4, 0.5) is 0 Å². The molecule has 0 radical (unpaired) electrons. The number of nitrogens with two attached hydrogens (primary N) is 1. The minimum absolute atomic E-state index is 0.194. The number of rotatable bonds is 1. The summed E-state index contributed by atoms with van der Waals surface area (Å²) in [5.74, 6) is 0. The van der Waals surface area contributed by atoms with Gasteiger partial charge in [-0.05, 0) is 13.1 Å². The minimum Gasteiger partial charge on any atom is -0.333 e. The zero-order valence-electron chi connectivity index (χ0n) is 6.20. The largest absolute Gasteiger partial charge is 0.333 e. The summed E-state index contributed by atoms with van der Waals surface area (Å²) in [5.41, 5.74) is 4.79. The van der Waals surface area contributed by atoms with Gasteiger partial charge in [-0.25, -0.2) is 0 Å². The summed E-state index contributed by atoms with van der Waals surface area (Å²) in [4.78, 5) is 22.7. The second-order valence-corrected chi connectivity index (χ2v) is 1.60. The molecule has 0 aliphatic carbocycles. The summed E-state index contributed by atoms with van der Waals surface area (Å²) < 4.78 is 0. The highest BCUT2D eigenvalue weighted by molar-refractivity contribution is 5.73. The summed E-state index contributed by atoms with van der Waals surface area (Å²) in [7, 11) is 1.50. The monoisotopic (exact) mass is 154 g/mol. The predicted octanol–water partition coefficient (Wildman–Crippen LogP) is -0.238. The van der Waals surface area contributed by atoms with Gasteiger partial charge in [0.2, 0.25) is 5.56 Å². The zero-order valence-corrected chi connectivity index (χ0v) is 6.20. The number of aldehydes is 1. The van der Waals surface area contributed by atoms with Gasteiger partial charge in [0.05, 0.1) is 0 Å². The maximum atomic E-state index is 10.4. The second-order valence-electron chi connectivity index (χ2n) is 1.60. The van der Waals surface area contributed by atoms with E-state index in [4.69, 9.17) is 0 Å². The highest BCUT2D eigenvalue weighted by Crippen LogP contribution is 1.84. The van der Waals surface area contributed by atoms with Crippen molar-refractivity contribution in [1.82, 2.24) is 4.98 Å². The van der Waals surface area contributed by atoms with Crippen molar-refractivity contribution in [1.29, 1.82) is 0 Å². The molecular formula is C7H10N2O2. The van der Waals surface area contributed by atoms with E-state index in [2.05, 4.69) is 10.7 Å². The predicted molar refractivity (Wildman–Crippen MR) is 42.6 cm³/mol. The van der Waals surface area contributed by atoms with Crippen molar-refractivity contribution < 1.29 is 4.79 Å². The molecule has 0 bridgehead atoms. The molecule has 4 heteroatoms. The Morgan fingerprint density at radius 1 is 1.45 bits per heavy atom. The number of H-pyrrole nitrogens is 1. The lowest BCUT2D eigenvalue weighted by molar-refractivity contribution is 0.112. The number of hydrogen-bond acceptors (Lipinski definition) is 3. The molecule has 0 fully saturated rings. The first-order valence-electron chi connectivity index (χ1n) is 3.04. The molecule has 1 rings (SSSR count). The van der Waals surface area contributed by atoms with E-state index in [0.29, 0.717) is 11.8 Å². The molecule has 0 saturated heterocycles. The molecule has 3 N–H and O–H groups in total. The average Bonchev–Trinajstić information content (AvgIpc) is 2.10. The van der Waals surface area contributed by atoms with Crippen LogP contribution in [0.2, 0.25) is 0 Å². The van der Waals surface area contributed by atoms with Crippen LogP contribution in [0.15, 0.2) is 23.1 Å². The van der Waals surface area contributed by atoms with Crippen LogP contribution in [0, 0.1) is 0 Å². The third-order valence-electron chi connectivity index (χ3n) is 0.944. The van der Waals surface area contributed by atoms with Crippen molar-refractivity contribution in [2.75, 3.05) is 7.05 Å². The van der Waals surface area contributed by atoms with E-state index in [0.717, 1.165) is 0 Å². The van der Waals surface area contributed by atoms with Crippen LogP contribution in [0.5, 0.6) is 0 Å². The molecule has 0 aliphatic heterocycles. The molecule has 1 aromatic rings. The van der Waals surface area contributed by atoms with E-state index in [1.807, 2.05) is 0 Å². The fraction of sp³-hybridized carbons (Fsp3) is 0.143. The van der Waals surface area contributed by atoms with Gasteiger partial charge < -0.3 is 10.7 Å². The summed E-state index contributed by atoms with van der Waals surface area (Å²) >= 11 is 0. The number of carbonyl (C=O) groups is 1. The maximum Gasteiger partial charge on any atom is 0.247 e. The SMILES string of the molecule is CN.O=Cc1ccc(=O)[nH]c1. The van der Waals surface area contributed by atoms with Crippen LogP contribution >= 0.6 is 0 Å². The third-order valence-corrected chi connectivity index (χ3v) is 0.944. The number of nitrogens with one attached hydrogen (secondary N) is 1. The third kappa shape index (κ3) is 3.32. The Balaban J connectivity index is 0.000000461. The van der Waals surface area contributed by atoms with E-state index in [-0.39, 0.29) is 5.56 Å². The smallest absolute Gasteiger partial charge is 0.247 e. The van der Waals surface area contributed by atoms with Gasteiger partial charge in [-0.2, -0.15) is 0 Å². The number of pyridine rings is 1. The van der Waals surface area contributed by atoms with Gasteiger partial charge in [0.25, 0.3) is 0 Å². The average molecular weight is 154 g/mol. The van der Waals surface area contributed by atoms with Crippen LogP contribution in [0.25, 0.3) is 0 Å². The Morgan fingerprint density at radius 3 is 2.45 bits per heavy atom. The van der Waals surface area contributed by atoms with Crippen LogP contribution < -0.4 is 11.3 Å². The molecule has 0 aliphatic rings. The molecule has 4 nitrogen and oxygen atoms in total. The van der Waals surface area contributed by atoms with Crippen molar-refractivity contribution in [2.45, 2.75) is 0 Å². The lowest BCUT2D eigenvalue weighted by Gasteiger charge is -1.83. The molecule has 60 valence electrons. The molecule has 1 heterocycles. The van der Waals surface area contributed by atoms with Gasteiger partial charge in [-0.15, -0.1) is 0 Å². The van der Waals surface area contributed by atoms with E-state index in [1.54, 1.807) is 0 Å². The summed E-state index contributed by atoms with van der Waals surface area (Å²) in [6.07, 6.45) is 2.05. The van der Waals surface area contributed by atoms with Gasteiger partial charge in [0.1, 0.15) is 0 Å². The maximum absolute atomic E-state index is 10.4.